The maximum atomic E-state index is 11.9. The summed E-state index contributed by atoms with van der Waals surface area (Å²) in [5, 5.41) is 11.5. The molecule has 0 aliphatic carbocycles. The summed E-state index contributed by atoms with van der Waals surface area (Å²) in [6.07, 6.45) is 7.71. The molecule has 0 aromatic heterocycles. The summed E-state index contributed by atoms with van der Waals surface area (Å²) in [4.78, 5) is 22.5. The summed E-state index contributed by atoms with van der Waals surface area (Å²) < 4.78 is 10.4. The van der Waals surface area contributed by atoms with Crippen LogP contribution in [0.4, 0.5) is 0 Å². The Bertz CT molecular complexity index is 610. The van der Waals surface area contributed by atoms with Gasteiger partial charge in [-0.1, -0.05) is 32.1 Å². The number of carboxylic acids is 1. The summed E-state index contributed by atoms with van der Waals surface area (Å²) in [5.41, 5.74) is 0.859. The lowest BCUT2D eigenvalue weighted by atomic mass is 10.1. The minimum Gasteiger partial charge on any atom is -0.493 e. The van der Waals surface area contributed by atoms with E-state index in [0.717, 1.165) is 24.8 Å². The van der Waals surface area contributed by atoms with Gasteiger partial charge in [0.15, 0.2) is 18.1 Å². The zero-order valence-electron chi connectivity index (χ0n) is 15.8. The molecule has 6 nitrogen and oxygen atoms in total. The summed E-state index contributed by atoms with van der Waals surface area (Å²) >= 11 is 0. The van der Waals surface area contributed by atoms with Crippen molar-refractivity contribution in [1.82, 2.24) is 5.32 Å². The largest absolute Gasteiger partial charge is 0.493 e. The second-order valence-electron chi connectivity index (χ2n) is 6.36. The van der Waals surface area contributed by atoms with Crippen LogP contribution < -0.4 is 14.8 Å². The molecule has 0 atom stereocenters. The van der Waals surface area contributed by atoms with Gasteiger partial charge in [-0.25, -0.2) is 4.79 Å². The van der Waals surface area contributed by atoms with Crippen LogP contribution in [0.2, 0.25) is 0 Å². The van der Waals surface area contributed by atoms with Crippen molar-refractivity contribution in [3.05, 3.63) is 35.9 Å². The quantitative estimate of drug-likeness (QED) is 0.438. The molecule has 0 saturated carbocycles. The number of carbonyl (C=O) groups excluding carboxylic acids is 1. The van der Waals surface area contributed by atoms with Crippen molar-refractivity contribution in [2.45, 2.75) is 46.1 Å². The Balaban J connectivity index is 2.37. The Labute approximate surface area is 155 Å². The van der Waals surface area contributed by atoms with Gasteiger partial charge >= 0.3 is 5.97 Å². The molecule has 0 aliphatic rings. The molecule has 0 radical (unpaired) electrons. The number of carbonyl (C=O) groups is 2. The number of carboxylic acid groups (broad SMARTS) is 1. The normalized spacial score (nSPS) is 10.9. The third-order valence-electron chi connectivity index (χ3n) is 3.61. The van der Waals surface area contributed by atoms with Crippen LogP contribution in [-0.2, 0) is 16.1 Å². The highest BCUT2D eigenvalue weighted by molar-refractivity contribution is 5.75. The molecule has 1 amide bonds. The first-order valence-electron chi connectivity index (χ1n) is 8.87. The van der Waals surface area contributed by atoms with Crippen LogP contribution in [0.25, 0.3) is 0 Å². The molecule has 0 bridgehead atoms. The van der Waals surface area contributed by atoms with Gasteiger partial charge in [0, 0.05) is 13.0 Å². The average Bonchev–Trinajstić information content (AvgIpc) is 2.60. The summed E-state index contributed by atoms with van der Waals surface area (Å²) in [6.45, 7) is 4.24. The molecule has 0 saturated heterocycles. The van der Waals surface area contributed by atoms with E-state index in [1.807, 2.05) is 0 Å². The fraction of sp³-hybridized carbons (Fsp3) is 0.500. The number of hydrogen-bond acceptors (Lipinski definition) is 4. The van der Waals surface area contributed by atoms with Crippen LogP contribution in [0, 0.1) is 5.92 Å². The highest BCUT2D eigenvalue weighted by atomic mass is 16.5. The Morgan fingerprint density at radius 3 is 2.65 bits per heavy atom. The van der Waals surface area contributed by atoms with E-state index < -0.39 is 12.6 Å². The number of ether oxygens (including phenoxy) is 2. The SMILES string of the molecule is COc1cc(CNC(=O)CCCC/C=C/C(C)C)ccc1OCC(=O)O. The number of hydrogen-bond donors (Lipinski definition) is 2. The zero-order chi connectivity index (χ0) is 19.4. The van der Waals surface area contributed by atoms with Gasteiger partial charge < -0.3 is 19.9 Å². The first-order chi connectivity index (χ1) is 12.4. The van der Waals surface area contributed by atoms with Crippen molar-refractivity contribution < 1.29 is 24.2 Å². The van der Waals surface area contributed by atoms with Gasteiger partial charge in [-0.3, -0.25) is 4.79 Å². The number of rotatable bonds is 12. The van der Waals surface area contributed by atoms with E-state index in [-0.39, 0.29) is 5.91 Å². The second kappa shape index (κ2) is 12.0. The highest BCUT2D eigenvalue weighted by Crippen LogP contribution is 2.28. The third-order valence-corrected chi connectivity index (χ3v) is 3.61. The van der Waals surface area contributed by atoms with Gasteiger partial charge in [-0.15, -0.1) is 0 Å². The number of methoxy groups -OCH3 is 1. The predicted molar refractivity (Wildman–Crippen MR) is 100 cm³/mol. The molecular weight excluding hydrogens is 334 g/mol. The fourth-order valence-electron chi connectivity index (χ4n) is 2.29. The van der Waals surface area contributed by atoms with Crippen molar-refractivity contribution in [3.63, 3.8) is 0 Å². The lowest BCUT2D eigenvalue weighted by molar-refractivity contribution is -0.139. The smallest absolute Gasteiger partial charge is 0.341 e. The van der Waals surface area contributed by atoms with Crippen LogP contribution in [0.3, 0.4) is 0 Å². The van der Waals surface area contributed by atoms with Crippen LogP contribution in [0.1, 0.15) is 45.1 Å². The van der Waals surface area contributed by atoms with Gasteiger partial charge in [-0.05, 0) is 42.9 Å². The molecule has 144 valence electrons. The molecule has 0 fully saturated rings. The molecular formula is C20H29NO5. The van der Waals surface area contributed by atoms with E-state index in [2.05, 4.69) is 31.3 Å². The van der Waals surface area contributed by atoms with Gasteiger partial charge in [0.2, 0.25) is 5.91 Å². The monoisotopic (exact) mass is 363 g/mol. The summed E-state index contributed by atoms with van der Waals surface area (Å²) in [7, 11) is 1.49. The lowest BCUT2D eigenvalue weighted by Gasteiger charge is -2.11. The molecule has 6 heteroatoms. The minimum atomic E-state index is -1.05. The standard InChI is InChI=1S/C20H29NO5/c1-15(2)8-6-4-5-7-9-19(22)21-13-16-10-11-17(18(12-16)25-3)26-14-20(23)24/h6,8,10-12,15H,4-5,7,9,13-14H2,1-3H3,(H,21,22)(H,23,24)/b8-6+. The van der Waals surface area contributed by atoms with E-state index >= 15 is 0 Å². The van der Waals surface area contributed by atoms with Crippen molar-refractivity contribution in [2.24, 2.45) is 5.92 Å². The van der Waals surface area contributed by atoms with Gasteiger partial charge in [-0.2, -0.15) is 0 Å². The lowest BCUT2D eigenvalue weighted by Crippen LogP contribution is -2.22. The average molecular weight is 363 g/mol. The van der Waals surface area contributed by atoms with E-state index in [0.29, 0.717) is 30.4 Å². The number of nitrogens with one attached hydrogen (secondary N) is 1. The summed E-state index contributed by atoms with van der Waals surface area (Å²) in [5.74, 6) is 0.330. The Morgan fingerprint density at radius 1 is 1.23 bits per heavy atom. The highest BCUT2D eigenvalue weighted by Gasteiger charge is 2.08. The van der Waals surface area contributed by atoms with Crippen molar-refractivity contribution in [3.8, 4) is 11.5 Å². The van der Waals surface area contributed by atoms with E-state index in [4.69, 9.17) is 14.6 Å². The van der Waals surface area contributed by atoms with Crippen LogP contribution >= 0.6 is 0 Å². The molecule has 1 rings (SSSR count). The van der Waals surface area contributed by atoms with E-state index in [9.17, 15) is 9.59 Å². The maximum Gasteiger partial charge on any atom is 0.341 e. The van der Waals surface area contributed by atoms with Crippen LogP contribution in [-0.4, -0.2) is 30.7 Å². The molecule has 1 aromatic rings. The first-order valence-corrected chi connectivity index (χ1v) is 8.87. The van der Waals surface area contributed by atoms with Crippen molar-refractivity contribution in [1.29, 1.82) is 0 Å². The minimum absolute atomic E-state index is 0.0167. The number of aliphatic carboxylic acids is 1. The van der Waals surface area contributed by atoms with E-state index in [1.54, 1.807) is 18.2 Å². The Kier molecular flexibility index (Phi) is 9.90. The molecule has 0 aliphatic heterocycles. The number of amides is 1. The molecule has 0 spiro atoms. The first kappa shape index (κ1) is 21.5. The third kappa shape index (κ3) is 9.11. The zero-order valence-corrected chi connectivity index (χ0v) is 15.8. The van der Waals surface area contributed by atoms with Crippen LogP contribution in [0.5, 0.6) is 11.5 Å². The fourth-order valence-corrected chi connectivity index (χ4v) is 2.29. The van der Waals surface area contributed by atoms with Gasteiger partial charge in [0.05, 0.1) is 7.11 Å². The Hall–Kier alpha value is -2.50. The molecule has 0 heterocycles. The second-order valence-corrected chi connectivity index (χ2v) is 6.36. The number of unbranched alkanes of at least 4 members (excludes halogenated alkanes) is 2. The van der Waals surface area contributed by atoms with Gasteiger partial charge in [0.25, 0.3) is 0 Å². The maximum absolute atomic E-state index is 11.9. The molecule has 26 heavy (non-hydrogen) atoms. The number of allylic oxidation sites excluding steroid dienone is 2. The molecule has 2 N–H and O–H groups in total. The van der Waals surface area contributed by atoms with Crippen molar-refractivity contribution in [2.75, 3.05) is 13.7 Å². The number of benzene rings is 1. The topological polar surface area (TPSA) is 84.9 Å². The Morgan fingerprint density at radius 2 is 2.00 bits per heavy atom. The van der Waals surface area contributed by atoms with E-state index in [1.165, 1.54) is 7.11 Å². The summed E-state index contributed by atoms with van der Waals surface area (Å²) in [6, 6.07) is 5.15. The van der Waals surface area contributed by atoms with Gasteiger partial charge in [0.1, 0.15) is 0 Å². The van der Waals surface area contributed by atoms with Crippen molar-refractivity contribution >= 4 is 11.9 Å². The molecule has 1 aromatic carbocycles. The molecule has 0 unspecified atom stereocenters. The van der Waals surface area contributed by atoms with Crippen LogP contribution in [0.15, 0.2) is 30.4 Å². The predicted octanol–water partition coefficient (Wildman–Crippen LogP) is 3.55.